The zero-order chi connectivity index (χ0) is 19.9. The molecule has 2 saturated heterocycles. The highest BCUT2D eigenvalue weighted by atomic mass is 16.5. The first-order valence-corrected chi connectivity index (χ1v) is 10.0. The fraction of sp³-hybridized carbons (Fsp3) is 0.545. The first-order valence-electron chi connectivity index (χ1n) is 10.0. The number of piperidine rings is 1. The number of nitrogens with zero attached hydrogens (tertiary/aromatic N) is 1. The summed E-state index contributed by atoms with van der Waals surface area (Å²) in [5.41, 5.74) is 2.05. The summed E-state index contributed by atoms with van der Waals surface area (Å²) < 4.78 is 10.3. The van der Waals surface area contributed by atoms with Crippen LogP contribution in [0.4, 0.5) is 5.69 Å². The number of esters is 1. The lowest BCUT2D eigenvalue weighted by Gasteiger charge is -2.45. The minimum absolute atomic E-state index is 0.00851. The van der Waals surface area contributed by atoms with Gasteiger partial charge in [0.2, 0.25) is 5.91 Å². The summed E-state index contributed by atoms with van der Waals surface area (Å²) in [6.07, 6.45) is 4.04. The maximum absolute atomic E-state index is 13.2. The molecule has 1 N–H and O–H groups in total. The van der Waals surface area contributed by atoms with Crippen LogP contribution in [0.5, 0.6) is 0 Å². The number of carbonyl (C=O) groups is 2. The van der Waals surface area contributed by atoms with Crippen LogP contribution in [-0.4, -0.2) is 50.1 Å². The van der Waals surface area contributed by atoms with E-state index in [2.05, 4.69) is 23.2 Å². The van der Waals surface area contributed by atoms with Gasteiger partial charge in [0.15, 0.2) is 0 Å². The number of anilines is 1. The smallest absolute Gasteiger partial charge is 0.337 e. The average molecular weight is 384 g/mol. The summed E-state index contributed by atoms with van der Waals surface area (Å²) in [5.74, 6) is 0.0769. The number of para-hydroxylation sites is 1. The van der Waals surface area contributed by atoms with Crippen molar-refractivity contribution in [2.75, 3.05) is 32.6 Å². The summed E-state index contributed by atoms with van der Waals surface area (Å²) in [6, 6.07) is 8.07. The van der Waals surface area contributed by atoms with Crippen molar-refractivity contribution in [3.63, 3.8) is 0 Å². The van der Waals surface area contributed by atoms with Crippen molar-refractivity contribution in [1.29, 1.82) is 0 Å². The number of hydrogen-bond acceptors (Lipinski definition) is 5. The molecule has 4 rings (SSSR count). The number of benzene rings is 1. The van der Waals surface area contributed by atoms with Crippen LogP contribution in [0.1, 0.15) is 31.7 Å². The molecule has 0 radical (unpaired) electrons. The lowest BCUT2D eigenvalue weighted by molar-refractivity contribution is -0.137. The van der Waals surface area contributed by atoms with Crippen LogP contribution in [0, 0.1) is 11.8 Å². The van der Waals surface area contributed by atoms with E-state index in [1.165, 1.54) is 13.4 Å². The average Bonchev–Trinajstić information content (AvgIpc) is 3.23. The number of rotatable bonds is 4. The van der Waals surface area contributed by atoms with Crippen LogP contribution in [0.25, 0.3) is 0 Å². The van der Waals surface area contributed by atoms with Crippen LogP contribution in [0.3, 0.4) is 0 Å². The van der Waals surface area contributed by atoms with Crippen molar-refractivity contribution in [2.45, 2.75) is 37.6 Å². The number of ether oxygens (including phenoxy) is 2. The van der Waals surface area contributed by atoms with Gasteiger partial charge < -0.3 is 14.8 Å². The number of amides is 1. The first-order chi connectivity index (χ1) is 13.6. The SMILES string of the molecule is CC[C@H]1CN2CC[C@@]3(C(=O)Nc4ccccc43)C2C[C@@H]1/C(=C\OC)C(=O)OC. The maximum Gasteiger partial charge on any atom is 0.337 e. The van der Waals surface area contributed by atoms with E-state index in [1.54, 1.807) is 7.11 Å². The molecule has 0 bridgehead atoms. The van der Waals surface area contributed by atoms with Crippen molar-refractivity contribution in [2.24, 2.45) is 11.8 Å². The molecule has 6 heteroatoms. The van der Waals surface area contributed by atoms with Crippen LogP contribution in [0.15, 0.2) is 36.1 Å². The second-order valence-electron chi connectivity index (χ2n) is 8.04. The number of nitrogens with one attached hydrogen (secondary N) is 1. The fourth-order valence-electron chi connectivity index (χ4n) is 5.63. The first kappa shape index (κ1) is 19.0. The molecule has 6 nitrogen and oxygen atoms in total. The van der Waals surface area contributed by atoms with Crippen molar-refractivity contribution in [3.8, 4) is 0 Å². The highest BCUT2D eigenvalue weighted by molar-refractivity contribution is 6.07. The van der Waals surface area contributed by atoms with Gasteiger partial charge in [-0.15, -0.1) is 0 Å². The van der Waals surface area contributed by atoms with E-state index in [4.69, 9.17) is 9.47 Å². The van der Waals surface area contributed by atoms with Crippen LogP contribution < -0.4 is 5.32 Å². The molecule has 1 amide bonds. The fourth-order valence-corrected chi connectivity index (χ4v) is 5.63. The summed E-state index contributed by atoms with van der Waals surface area (Å²) in [6.45, 7) is 3.93. The quantitative estimate of drug-likeness (QED) is 0.491. The molecule has 0 saturated carbocycles. The van der Waals surface area contributed by atoms with Crippen LogP contribution in [0.2, 0.25) is 0 Å². The van der Waals surface area contributed by atoms with Gasteiger partial charge in [0.25, 0.3) is 0 Å². The monoisotopic (exact) mass is 384 g/mol. The predicted octanol–water partition coefficient (Wildman–Crippen LogP) is 2.70. The molecule has 28 heavy (non-hydrogen) atoms. The number of carbonyl (C=O) groups excluding carboxylic acids is 2. The molecular weight excluding hydrogens is 356 g/mol. The Hall–Kier alpha value is -2.34. The highest BCUT2D eigenvalue weighted by Gasteiger charge is 2.60. The van der Waals surface area contributed by atoms with E-state index in [-0.39, 0.29) is 23.8 Å². The third-order valence-corrected chi connectivity index (χ3v) is 6.97. The summed E-state index contributed by atoms with van der Waals surface area (Å²) in [7, 11) is 2.95. The lowest BCUT2D eigenvalue weighted by atomic mass is 9.67. The van der Waals surface area contributed by atoms with Gasteiger partial charge in [-0.2, -0.15) is 0 Å². The van der Waals surface area contributed by atoms with E-state index in [9.17, 15) is 9.59 Å². The standard InChI is InChI=1S/C22H28N2O4/c1-4-14-12-24-10-9-22(17-7-5-6-8-18(17)23-21(22)26)19(24)11-15(14)16(13-27-2)20(25)28-3/h5-8,13-15,19H,4,9-12H2,1-3H3,(H,23,26)/b16-13+/t14-,15-,19?,22-/m0/s1. The number of fused-ring (bicyclic) bond motifs is 4. The second kappa shape index (κ2) is 7.24. The van der Waals surface area contributed by atoms with Gasteiger partial charge in [-0.3, -0.25) is 9.69 Å². The number of methoxy groups -OCH3 is 2. The summed E-state index contributed by atoms with van der Waals surface area (Å²) >= 11 is 0. The van der Waals surface area contributed by atoms with Gasteiger partial charge in [-0.25, -0.2) is 4.79 Å². The normalized spacial score (nSPS) is 32.0. The van der Waals surface area contributed by atoms with Crippen molar-refractivity contribution >= 4 is 17.6 Å². The molecule has 2 fully saturated rings. The topological polar surface area (TPSA) is 67.9 Å². The molecule has 150 valence electrons. The van der Waals surface area contributed by atoms with Crippen LogP contribution in [-0.2, 0) is 24.5 Å². The molecule has 1 aromatic rings. The third-order valence-electron chi connectivity index (χ3n) is 6.97. The molecule has 3 heterocycles. The zero-order valence-electron chi connectivity index (χ0n) is 16.7. The molecule has 1 aromatic carbocycles. The Morgan fingerprint density at radius 3 is 2.86 bits per heavy atom. The molecule has 1 unspecified atom stereocenters. The van der Waals surface area contributed by atoms with E-state index >= 15 is 0 Å². The molecule has 1 spiro atoms. The Bertz CT molecular complexity index is 821. The van der Waals surface area contributed by atoms with Gasteiger partial charge in [0, 0.05) is 18.3 Å². The van der Waals surface area contributed by atoms with E-state index in [0.29, 0.717) is 11.5 Å². The van der Waals surface area contributed by atoms with Crippen molar-refractivity contribution in [1.82, 2.24) is 4.90 Å². The second-order valence-corrected chi connectivity index (χ2v) is 8.04. The molecule has 0 aromatic heterocycles. The minimum atomic E-state index is -0.540. The molecule has 3 aliphatic heterocycles. The molecule has 4 atom stereocenters. The van der Waals surface area contributed by atoms with E-state index in [0.717, 1.165) is 43.6 Å². The highest BCUT2D eigenvalue weighted by Crippen LogP contribution is 2.53. The summed E-state index contributed by atoms with van der Waals surface area (Å²) in [5, 5.41) is 3.10. The van der Waals surface area contributed by atoms with Crippen molar-refractivity contribution < 1.29 is 19.1 Å². The summed E-state index contributed by atoms with van der Waals surface area (Å²) in [4.78, 5) is 28.1. The molecule has 3 aliphatic rings. The molecule has 0 aliphatic carbocycles. The van der Waals surface area contributed by atoms with Crippen molar-refractivity contribution in [3.05, 3.63) is 41.7 Å². The van der Waals surface area contributed by atoms with Gasteiger partial charge in [-0.1, -0.05) is 31.5 Å². The minimum Gasteiger partial charge on any atom is -0.504 e. The lowest BCUT2D eigenvalue weighted by Crippen LogP contribution is -2.53. The Morgan fingerprint density at radius 1 is 1.36 bits per heavy atom. The van der Waals surface area contributed by atoms with Gasteiger partial charge in [0.05, 0.1) is 31.5 Å². The van der Waals surface area contributed by atoms with Gasteiger partial charge >= 0.3 is 5.97 Å². The van der Waals surface area contributed by atoms with E-state index in [1.807, 2.05) is 18.2 Å². The van der Waals surface area contributed by atoms with Crippen LogP contribution >= 0.6 is 0 Å². The molecular formula is C22H28N2O4. The Labute approximate surface area is 165 Å². The van der Waals surface area contributed by atoms with Gasteiger partial charge in [-0.05, 0) is 42.9 Å². The van der Waals surface area contributed by atoms with E-state index < -0.39 is 5.41 Å². The van der Waals surface area contributed by atoms with Gasteiger partial charge in [0.1, 0.15) is 0 Å². The third kappa shape index (κ3) is 2.65. The number of hydrogen-bond donors (Lipinski definition) is 1. The zero-order valence-corrected chi connectivity index (χ0v) is 16.7. The Kier molecular flexibility index (Phi) is 4.91. The largest absolute Gasteiger partial charge is 0.504 e. The Balaban J connectivity index is 1.74. The maximum atomic E-state index is 13.2. The Morgan fingerprint density at radius 2 is 2.14 bits per heavy atom. The predicted molar refractivity (Wildman–Crippen MR) is 106 cm³/mol.